The van der Waals surface area contributed by atoms with Crippen LogP contribution < -0.4 is 10.2 Å². The molecule has 1 aliphatic carbocycles. The Bertz CT molecular complexity index is 410. The van der Waals surface area contributed by atoms with Gasteiger partial charge in [0.1, 0.15) is 5.82 Å². The van der Waals surface area contributed by atoms with Crippen molar-refractivity contribution in [3.8, 4) is 0 Å². The predicted octanol–water partition coefficient (Wildman–Crippen LogP) is 2.30. The maximum Gasteiger partial charge on any atom is 0.128 e. The minimum atomic E-state index is 0.647. The summed E-state index contributed by atoms with van der Waals surface area (Å²) in [4.78, 5) is 6.40. The van der Waals surface area contributed by atoms with Crippen LogP contribution in [0.3, 0.4) is 0 Å². The first-order chi connectivity index (χ1) is 8.20. The summed E-state index contributed by atoms with van der Waals surface area (Å²) < 4.78 is 0. The van der Waals surface area contributed by atoms with Crippen molar-refractivity contribution < 1.29 is 0 Å². The molecule has 3 heteroatoms. The third-order valence-electron chi connectivity index (χ3n) is 3.39. The largest absolute Gasteiger partial charge is 0.363 e. The molecular weight excluding hydrogens is 210 g/mol. The minimum Gasteiger partial charge on any atom is -0.363 e. The van der Waals surface area contributed by atoms with E-state index in [2.05, 4.69) is 28.5 Å². The summed E-state index contributed by atoms with van der Waals surface area (Å²) in [5, 5.41) is 3.34. The Morgan fingerprint density at radius 2 is 2.24 bits per heavy atom. The normalized spacial score (nSPS) is 19.9. The molecule has 1 N–H and O–H groups in total. The molecule has 1 aromatic heterocycles. The highest BCUT2D eigenvalue weighted by Gasteiger charge is 2.14. The topological polar surface area (TPSA) is 28.2 Å². The highest BCUT2D eigenvalue weighted by Crippen LogP contribution is 2.28. The molecule has 3 nitrogen and oxygen atoms in total. The maximum atomic E-state index is 4.35. The quantitative estimate of drug-likeness (QED) is 0.865. The number of hydrogen-bond acceptors (Lipinski definition) is 3. The van der Waals surface area contributed by atoms with Gasteiger partial charge in [0.05, 0.1) is 0 Å². The van der Waals surface area contributed by atoms with Gasteiger partial charge in [-0.1, -0.05) is 6.08 Å². The van der Waals surface area contributed by atoms with Gasteiger partial charge in [0.2, 0.25) is 0 Å². The standard InChI is InChI=1S/C14H21N3/c1-15-13-6-4-11(5-7-13)12-8-9-16-14(10-12)17(2)3/h4,8-10,13,15H,5-7H2,1-3H3. The van der Waals surface area contributed by atoms with Crippen LogP contribution in [0.15, 0.2) is 24.4 Å². The zero-order valence-electron chi connectivity index (χ0n) is 10.9. The van der Waals surface area contributed by atoms with Gasteiger partial charge in [-0.25, -0.2) is 4.98 Å². The number of pyridine rings is 1. The van der Waals surface area contributed by atoms with Gasteiger partial charge < -0.3 is 10.2 Å². The summed E-state index contributed by atoms with van der Waals surface area (Å²) in [6.45, 7) is 0. The lowest BCUT2D eigenvalue weighted by molar-refractivity contribution is 0.523. The van der Waals surface area contributed by atoms with E-state index in [0.717, 1.165) is 18.7 Å². The molecule has 92 valence electrons. The summed E-state index contributed by atoms with van der Waals surface area (Å²) in [5.74, 6) is 1.03. The fourth-order valence-electron chi connectivity index (χ4n) is 2.22. The van der Waals surface area contributed by atoms with E-state index in [1.165, 1.54) is 17.6 Å². The molecule has 0 aliphatic heterocycles. The first-order valence-electron chi connectivity index (χ1n) is 6.20. The lowest BCUT2D eigenvalue weighted by Gasteiger charge is -2.22. The number of nitrogens with one attached hydrogen (secondary N) is 1. The van der Waals surface area contributed by atoms with Crippen LogP contribution in [0.2, 0.25) is 0 Å². The average Bonchev–Trinajstić information content (AvgIpc) is 2.39. The van der Waals surface area contributed by atoms with Crippen LogP contribution in [0.25, 0.3) is 5.57 Å². The van der Waals surface area contributed by atoms with Crippen LogP contribution >= 0.6 is 0 Å². The summed E-state index contributed by atoms with van der Waals surface area (Å²) in [5.41, 5.74) is 2.78. The Morgan fingerprint density at radius 1 is 1.41 bits per heavy atom. The van der Waals surface area contributed by atoms with Crippen molar-refractivity contribution in [2.75, 3.05) is 26.0 Å². The smallest absolute Gasteiger partial charge is 0.128 e. The molecule has 0 saturated carbocycles. The van der Waals surface area contributed by atoms with E-state index < -0.39 is 0 Å². The van der Waals surface area contributed by atoms with E-state index in [4.69, 9.17) is 0 Å². The molecule has 0 amide bonds. The van der Waals surface area contributed by atoms with Crippen molar-refractivity contribution in [3.05, 3.63) is 30.0 Å². The van der Waals surface area contributed by atoms with E-state index in [9.17, 15) is 0 Å². The van der Waals surface area contributed by atoms with E-state index in [1.807, 2.05) is 32.2 Å². The molecule has 2 rings (SSSR count). The Labute approximate surface area is 104 Å². The van der Waals surface area contributed by atoms with Crippen molar-refractivity contribution in [3.63, 3.8) is 0 Å². The second-order valence-electron chi connectivity index (χ2n) is 4.79. The number of hydrogen-bond donors (Lipinski definition) is 1. The molecule has 1 aliphatic rings. The van der Waals surface area contributed by atoms with Gasteiger partial charge in [0, 0.05) is 26.3 Å². The Morgan fingerprint density at radius 3 is 2.82 bits per heavy atom. The van der Waals surface area contributed by atoms with Crippen LogP contribution in [-0.4, -0.2) is 32.2 Å². The van der Waals surface area contributed by atoms with Gasteiger partial charge in [-0.2, -0.15) is 0 Å². The fourth-order valence-corrected chi connectivity index (χ4v) is 2.22. The van der Waals surface area contributed by atoms with Crippen molar-refractivity contribution in [2.45, 2.75) is 25.3 Å². The Hall–Kier alpha value is -1.35. The molecule has 1 aromatic rings. The van der Waals surface area contributed by atoms with Crippen molar-refractivity contribution in [1.82, 2.24) is 10.3 Å². The molecule has 1 heterocycles. The van der Waals surface area contributed by atoms with Gasteiger partial charge >= 0.3 is 0 Å². The lowest BCUT2D eigenvalue weighted by Crippen LogP contribution is -2.26. The molecule has 1 atom stereocenters. The molecule has 0 radical (unpaired) electrons. The van der Waals surface area contributed by atoms with Crippen LogP contribution in [0, 0.1) is 0 Å². The molecule has 0 bridgehead atoms. The molecule has 0 aromatic carbocycles. The molecular formula is C14H21N3. The molecule has 0 spiro atoms. The minimum absolute atomic E-state index is 0.647. The Kier molecular flexibility index (Phi) is 3.79. The van der Waals surface area contributed by atoms with Crippen molar-refractivity contribution >= 4 is 11.4 Å². The number of anilines is 1. The molecule has 17 heavy (non-hydrogen) atoms. The van der Waals surface area contributed by atoms with Gasteiger partial charge in [0.15, 0.2) is 0 Å². The SMILES string of the molecule is CNC1CC=C(c2ccnc(N(C)C)c2)CC1. The summed E-state index contributed by atoms with van der Waals surface area (Å²) in [7, 11) is 6.09. The third kappa shape index (κ3) is 2.86. The summed E-state index contributed by atoms with van der Waals surface area (Å²) >= 11 is 0. The second-order valence-corrected chi connectivity index (χ2v) is 4.79. The van der Waals surface area contributed by atoms with Crippen molar-refractivity contribution in [1.29, 1.82) is 0 Å². The monoisotopic (exact) mass is 231 g/mol. The van der Waals surface area contributed by atoms with Crippen LogP contribution in [-0.2, 0) is 0 Å². The van der Waals surface area contributed by atoms with E-state index in [0.29, 0.717) is 6.04 Å². The molecule has 1 unspecified atom stereocenters. The number of allylic oxidation sites excluding steroid dienone is 1. The first kappa shape index (κ1) is 12.1. The first-order valence-corrected chi connectivity index (χ1v) is 6.20. The second kappa shape index (κ2) is 5.32. The third-order valence-corrected chi connectivity index (χ3v) is 3.39. The van der Waals surface area contributed by atoms with Gasteiger partial charge in [-0.05, 0) is 49.6 Å². The summed E-state index contributed by atoms with van der Waals surface area (Å²) in [6, 6.07) is 4.93. The van der Waals surface area contributed by atoms with E-state index in [-0.39, 0.29) is 0 Å². The number of nitrogens with zero attached hydrogens (tertiary/aromatic N) is 2. The fraction of sp³-hybridized carbons (Fsp3) is 0.500. The zero-order chi connectivity index (χ0) is 12.3. The van der Waals surface area contributed by atoms with Crippen LogP contribution in [0.5, 0.6) is 0 Å². The Balaban J connectivity index is 2.18. The van der Waals surface area contributed by atoms with E-state index in [1.54, 1.807) is 0 Å². The average molecular weight is 231 g/mol. The summed E-state index contributed by atoms with van der Waals surface area (Å²) in [6.07, 6.45) is 7.77. The number of aromatic nitrogens is 1. The van der Waals surface area contributed by atoms with Gasteiger partial charge in [0.25, 0.3) is 0 Å². The van der Waals surface area contributed by atoms with Gasteiger partial charge in [-0.3, -0.25) is 0 Å². The maximum absolute atomic E-state index is 4.35. The lowest BCUT2D eigenvalue weighted by atomic mass is 9.91. The van der Waals surface area contributed by atoms with Crippen molar-refractivity contribution in [2.24, 2.45) is 0 Å². The van der Waals surface area contributed by atoms with Crippen LogP contribution in [0.1, 0.15) is 24.8 Å². The number of rotatable bonds is 3. The van der Waals surface area contributed by atoms with Crippen LogP contribution in [0.4, 0.5) is 5.82 Å². The van der Waals surface area contributed by atoms with Gasteiger partial charge in [-0.15, -0.1) is 0 Å². The molecule has 0 saturated heterocycles. The predicted molar refractivity (Wildman–Crippen MR) is 73.2 cm³/mol. The zero-order valence-corrected chi connectivity index (χ0v) is 10.9. The molecule has 0 fully saturated rings. The van der Waals surface area contributed by atoms with E-state index >= 15 is 0 Å². The highest BCUT2D eigenvalue weighted by atomic mass is 15.1. The highest BCUT2D eigenvalue weighted by molar-refractivity contribution is 5.68.